The SMILES string of the molecule is O=C(CCl)N[C@H]1CCOc2c(F)cc(F)cc21. The minimum atomic E-state index is -0.759. The lowest BCUT2D eigenvalue weighted by Crippen LogP contribution is -2.33. The number of ether oxygens (including phenoxy) is 1. The first-order chi connectivity index (χ1) is 8.11. The number of amides is 1. The van der Waals surface area contributed by atoms with E-state index in [9.17, 15) is 13.6 Å². The van der Waals surface area contributed by atoms with Crippen molar-refractivity contribution in [2.75, 3.05) is 12.5 Å². The summed E-state index contributed by atoms with van der Waals surface area (Å²) in [7, 11) is 0. The summed E-state index contributed by atoms with van der Waals surface area (Å²) in [5, 5.41) is 2.59. The molecule has 92 valence electrons. The van der Waals surface area contributed by atoms with E-state index in [2.05, 4.69) is 5.32 Å². The number of rotatable bonds is 2. The van der Waals surface area contributed by atoms with Crippen molar-refractivity contribution in [2.24, 2.45) is 0 Å². The molecule has 0 saturated heterocycles. The van der Waals surface area contributed by atoms with E-state index >= 15 is 0 Å². The van der Waals surface area contributed by atoms with Gasteiger partial charge < -0.3 is 10.1 Å². The lowest BCUT2D eigenvalue weighted by atomic mass is 10.00. The number of carbonyl (C=O) groups is 1. The molecule has 17 heavy (non-hydrogen) atoms. The molecule has 0 unspecified atom stereocenters. The van der Waals surface area contributed by atoms with Crippen molar-refractivity contribution < 1.29 is 18.3 Å². The molecule has 0 spiro atoms. The third kappa shape index (κ3) is 2.49. The number of carbonyl (C=O) groups excluding carboxylic acids is 1. The first-order valence-electron chi connectivity index (χ1n) is 5.09. The van der Waals surface area contributed by atoms with Crippen LogP contribution < -0.4 is 10.1 Å². The van der Waals surface area contributed by atoms with Crippen LogP contribution in [0.4, 0.5) is 8.78 Å². The van der Waals surface area contributed by atoms with Crippen LogP contribution in [0.5, 0.6) is 5.75 Å². The molecule has 0 radical (unpaired) electrons. The number of benzene rings is 1. The highest BCUT2D eigenvalue weighted by Gasteiger charge is 2.26. The van der Waals surface area contributed by atoms with Gasteiger partial charge in [-0.15, -0.1) is 11.6 Å². The summed E-state index contributed by atoms with van der Waals surface area (Å²) < 4.78 is 31.7. The van der Waals surface area contributed by atoms with Crippen LogP contribution in [0, 0.1) is 11.6 Å². The third-order valence-electron chi connectivity index (χ3n) is 2.52. The largest absolute Gasteiger partial charge is 0.490 e. The Labute approximate surface area is 102 Å². The van der Waals surface area contributed by atoms with E-state index in [1.165, 1.54) is 0 Å². The zero-order valence-corrected chi connectivity index (χ0v) is 9.56. The van der Waals surface area contributed by atoms with Crippen molar-refractivity contribution in [3.63, 3.8) is 0 Å². The van der Waals surface area contributed by atoms with E-state index in [1.807, 2.05) is 0 Å². The van der Waals surface area contributed by atoms with Gasteiger partial charge in [-0.3, -0.25) is 4.79 Å². The van der Waals surface area contributed by atoms with Crippen molar-refractivity contribution in [2.45, 2.75) is 12.5 Å². The molecule has 0 bridgehead atoms. The zero-order chi connectivity index (χ0) is 12.4. The Hall–Kier alpha value is -1.36. The van der Waals surface area contributed by atoms with Gasteiger partial charge in [0.2, 0.25) is 5.91 Å². The second kappa shape index (κ2) is 4.87. The molecule has 6 heteroatoms. The summed E-state index contributed by atoms with van der Waals surface area (Å²) in [5.41, 5.74) is 0.312. The fourth-order valence-electron chi connectivity index (χ4n) is 1.81. The second-order valence-electron chi connectivity index (χ2n) is 3.70. The Kier molecular flexibility index (Phi) is 3.47. The predicted molar refractivity (Wildman–Crippen MR) is 58.1 cm³/mol. The van der Waals surface area contributed by atoms with Gasteiger partial charge in [0.1, 0.15) is 11.7 Å². The second-order valence-corrected chi connectivity index (χ2v) is 3.96. The van der Waals surface area contributed by atoms with Gasteiger partial charge in [-0.05, 0) is 6.07 Å². The molecule has 1 aliphatic rings. The quantitative estimate of drug-likeness (QED) is 0.829. The van der Waals surface area contributed by atoms with Crippen LogP contribution in [0.2, 0.25) is 0 Å². The van der Waals surface area contributed by atoms with E-state index in [0.717, 1.165) is 12.1 Å². The topological polar surface area (TPSA) is 38.3 Å². The molecule has 1 atom stereocenters. The molecule has 0 aliphatic carbocycles. The van der Waals surface area contributed by atoms with E-state index < -0.39 is 17.7 Å². The van der Waals surface area contributed by atoms with Gasteiger partial charge >= 0.3 is 0 Å². The first-order valence-corrected chi connectivity index (χ1v) is 5.62. The Morgan fingerprint density at radius 1 is 1.53 bits per heavy atom. The van der Waals surface area contributed by atoms with Crippen LogP contribution in [-0.2, 0) is 4.79 Å². The lowest BCUT2D eigenvalue weighted by Gasteiger charge is -2.26. The van der Waals surface area contributed by atoms with Crippen molar-refractivity contribution in [3.05, 3.63) is 29.3 Å². The number of alkyl halides is 1. The van der Waals surface area contributed by atoms with Crippen molar-refractivity contribution in [1.29, 1.82) is 0 Å². The van der Waals surface area contributed by atoms with E-state index in [1.54, 1.807) is 0 Å². The molecule has 1 heterocycles. The van der Waals surface area contributed by atoms with Crippen LogP contribution in [0.1, 0.15) is 18.0 Å². The summed E-state index contributed by atoms with van der Waals surface area (Å²) in [6.45, 7) is 0.267. The Bertz CT molecular complexity index is 453. The number of nitrogens with one attached hydrogen (secondary N) is 1. The maximum atomic E-state index is 13.4. The van der Waals surface area contributed by atoms with Crippen LogP contribution in [0.25, 0.3) is 0 Å². The van der Waals surface area contributed by atoms with Crippen molar-refractivity contribution in [3.8, 4) is 5.75 Å². The fraction of sp³-hybridized carbons (Fsp3) is 0.364. The Morgan fingerprint density at radius 3 is 3.00 bits per heavy atom. The normalized spacial score (nSPS) is 18.2. The molecule has 1 aromatic carbocycles. The Morgan fingerprint density at radius 2 is 2.29 bits per heavy atom. The minimum absolute atomic E-state index is 0.00229. The van der Waals surface area contributed by atoms with Crippen LogP contribution >= 0.6 is 11.6 Å². The number of hydrogen-bond acceptors (Lipinski definition) is 2. The lowest BCUT2D eigenvalue weighted by molar-refractivity contribution is -0.119. The zero-order valence-electron chi connectivity index (χ0n) is 8.80. The number of fused-ring (bicyclic) bond motifs is 1. The van der Waals surface area contributed by atoms with E-state index in [-0.39, 0.29) is 24.1 Å². The molecule has 0 aromatic heterocycles. The molecule has 1 aliphatic heterocycles. The predicted octanol–water partition coefficient (Wildman–Crippen LogP) is 2.14. The van der Waals surface area contributed by atoms with Crippen molar-refractivity contribution >= 4 is 17.5 Å². The van der Waals surface area contributed by atoms with Crippen LogP contribution in [0.3, 0.4) is 0 Å². The maximum Gasteiger partial charge on any atom is 0.235 e. The highest BCUT2D eigenvalue weighted by molar-refractivity contribution is 6.27. The van der Waals surface area contributed by atoms with E-state index in [4.69, 9.17) is 16.3 Å². The summed E-state index contributed by atoms with van der Waals surface area (Å²) >= 11 is 5.37. The summed E-state index contributed by atoms with van der Waals surface area (Å²) in [5.74, 6) is -2.03. The molecule has 1 N–H and O–H groups in total. The summed E-state index contributed by atoms with van der Waals surface area (Å²) in [6, 6.07) is 1.46. The molecule has 0 saturated carbocycles. The monoisotopic (exact) mass is 261 g/mol. The minimum Gasteiger partial charge on any atom is -0.490 e. The average molecular weight is 262 g/mol. The first kappa shape index (κ1) is 12.1. The summed E-state index contributed by atoms with van der Waals surface area (Å²) in [4.78, 5) is 11.2. The fourth-order valence-corrected chi connectivity index (χ4v) is 1.89. The molecule has 0 fully saturated rings. The maximum absolute atomic E-state index is 13.4. The van der Waals surface area contributed by atoms with Gasteiger partial charge in [0.15, 0.2) is 11.6 Å². The van der Waals surface area contributed by atoms with E-state index in [0.29, 0.717) is 12.0 Å². The van der Waals surface area contributed by atoms with Gasteiger partial charge in [-0.25, -0.2) is 8.78 Å². The summed E-state index contributed by atoms with van der Waals surface area (Å²) in [6.07, 6.45) is 0.457. The van der Waals surface area contributed by atoms with Crippen LogP contribution in [-0.4, -0.2) is 18.4 Å². The van der Waals surface area contributed by atoms with Gasteiger partial charge in [-0.1, -0.05) is 0 Å². The van der Waals surface area contributed by atoms with Gasteiger partial charge in [-0.2, -0.15) is 0 Å². The molecule has 3 nitrogen and oxygen atoms in total. The Balaban J connectivity index is 2.33. The van der Waals surface area contributed by atoms with Gasteiger partial charge in [0.05, 0.1) is 12.6 Å². The molecule has 2 rings (SSSR count). The standard InChI is InChI=1S/C11H10ClF2NO2/c12-5-10(16)15-9-1-2-17-11-7(9)3-6(13)4-8(11)14/h3-4,9H,1-2,5H2,(H,15,16)/t9-/m0/s1. The highest BCUT2D eigenvalue weighted by atomic mass is 35.5. The number of halogens is 3. The molecule has 1 amide bonds. The van der Waals surface area contributed by atoms with Gasteiger partial charge in [0, 0.05) is 18.1 Å². The van der Waals surface area contributed by atoms with Gasteiger partial charge in [0.25, 0.3) is 0 Å². The molecular formula is C11H10ClF2NO2. The van der Waals surface area contributed by atoms with Crippen LogP contribution in [0.15, 0.2) is 12.1 Å². The smallest absolute Gasteiger partial charge is 0.235 e. The molecular weight excluding hydrogens is 252 g/mol. The number of hydrogen-bond donors (Lipinski definition) is 1. The molecule has 1 aromatic rings. The third-order valence-corrected chi connectivity index (χ3v) is 2.76. The highest BCUT2D eigenvalue weighted by Crippen LogP contribution is 2.34. The van der Waals surface area contributed by atoms with Crippen molar-refractivity contribution in [1.82, 2.24) is 5.32 Å². The average Bonchev–Trinajstić information content (AvgIpc) is 2.30.